The molecule has 5 nitrogen and oxygen atoms in total. The van der Waals surface area contributed by atoms with Crippen LogP contribution < -0.4 is 5.32 Å². The van der Waals surface area contributed by atoms with Crippen molar-refractivity contribution in [3.63, 3.8) is 0 Å². The molecule has 0 aliphatic carbocycles. The Morgan fingerprint density at radius 3 is 2.84 bits per heavy atom. The molecule has 0 saturated carbocycles. The highest BCUT2D eigenvalue weighted by Crippen LogP contribution is 2.26. The van der Waals surface area contributed by atoms with Crippen molar-refractivity contribution in [1.29, 1.82) is 0 Å². The Morgan fingerprint density at radius 2 is 2.16 bits per heavy atom. The summed E-state index contributed by atoms with van der Waals surface area (Å²) in [6.07, 6.45) is 3.35. The van der Waals surface area contributed by atoms with E-state index in [4.69, 9.17) is 23.2 Å². The van der Waals surface area contributed by atoms with Gasteiger partial charge in [0.1, 0.15) is 5.75 Å². The Kier molecular flexibility index (Phi) is 4.29. The molecule has 1 amide bonds. The molecule has 1 aromatic carbocycles. The molecule has 2 rings (SSSR count). The molecule has 0 atom stereocenters. The third-order valence-corrected chi connectivity index (χ3v) is 2.83. The number of carbonyl (C=O) groups excluding carboxylic acids is 1. The fraction of sp³-hybridized carbons (Fsp3) is 0.167. The second-order valence-corrected chi connectivity index (χ2v) is 4.75. The largest absolute Gasteiger partial charge is 0.506 e. The minimum Gasteiger partial charge on any atom is -0.506 e. The summed E-state index contributed by atoms with van der Waals surface area (Å²) in [5, 5.41) is 17.1. The molecule has 0 aliphatic heterocycles. The number of anilines is 1. The van der Waals surface area contributed by atoms with Gasteiger partial charge < -0.3 is 10.4 Å². The molecule has 0 aliphatic rings. The van der Waals surface area contributed by atoms with Gasteiger partial charge in [-0.2, -0.15) is 5.10 Å². The van der Waals surface area contributed by atoms with Crippen molar-refractivity contribution in [2.45, 2.75) is 13.0 Å². The van der Waals surface area contributed by atoms with Crippen molar-refractivity contribution in [2.75, 3.05) is 5.32 Å². The summed E-state index contributed by atoms with van der Waals surface area (Å²) in [4.78, 5) is 11.7. The monoisotopic (exact) mass is 299 g/mol. The van der Waals surface area contributed by atoms with Gasteiger partial charge in [-0.3, -0.25) is 9.48 Å². The number of halogens is 2. The first-order valence-electron chi connectivity index (χ1n) is 5.51. The molecule has 7 heteroatoms. The molecule has 0 fully saturated rings. The van der Waals surface area contributed by atoms with Gasteiger partial charge >= 0.3 is 0 Å². The van der Waals surface area contributed by atoms with Crippen molar-refractivity contribution < 1.29 is 9.90 Å². The Balaban J connectivity index is 1.92. The highest BCUT2D eigenvalue weighted by molar-refractivity contribution is 6.31. The number of amides is 1. The van der Waals surface area contributed by atoms with Crippen LogP contribution in [0.15, 0.2) is 30.6 Å². The van der Waals surface area contributed by atoms with Crippen molar-refractivity contribution in [3.05, 3.63) is 40.6 Å². The van der Waals surface area contributed by atoms with Crippen LogP contribution in [0.1, 0.15) is 6.42 Å². The van der Waals surface area contributed by atoms with Gasteiger partial charge in [0, 0.05) is 24.2 Å². The highest BCUT2D eigenvalue weighted by Gasteiger charge is 2.07. The van der Waals surface area contributed by atoms with E-state index in [0.717, 1.165) is 0 Å². The first kappa shape index (κ1) is 13.7. The number of nitrogens with one attached hydrogen (secondary N) is 1. The maximum Gasteiger partial charge on any atom is 0.226 e. The van der Waals surface area contributed by atoms with Crippen LogP contribution in [0.2, 0.25) is 10.0 Å². The van der Waals surface area contributed by atoms with Crippen molar-refractivity contribution in [2.24, 2.45) is 0 Å². The number of aryl methyl sites for hydroxylation is 1. The van der Waals surface area contributed by atoms with Gasteiger partial charge in [0.2, 0.25) is 5.91 Å². The molecule has 0 unspecified atom stereocenters. The van der Waals surface area contributed by atoms with Gasteiger partial charge in [0.15, 0.2) is 0 Å². The molecular formula is C12H11Cl2N3O2. The number of aromatic nitrogens is 2. The van der Waals surface area contributed by atoms with Gasteiger partial charge in [0.25, 0.3) is 0 Å². The first-order valence-corrected chi connectivity index (χ1v) is 6.26. The van der Waals surface area contributed by atoms with Crippen LogP contribution in [-0.2, 0) is 11.3 Å². The molecule has 1 aromatic heterocycles. The van der Waals surface area contributed by atoms with Crippen LogP contribution in [0.3, 0.4) is 0 Å². The Morgan fingerprint density at radius 1 is 1.37 bits per heavy atom. The van der Waals surface area contributed by atoms with Gasteiger partial charge in [0.05, 0.1) is 16.9 Å². The summed E-state index contributed by atoms with van der Waals surface area (Å²) in [6.45, 7) is 0.403. The standard InChI is InChI=1S/C12H11Cl2N3O2/c13-8-1-2-11(18)10(5-8)16-12(19)3-4-17-7-9(14)6-15-17/h1-2,5-7,18H,3-4H2,(H,16,19). The van der Waals surface area contributed by atoms with Crippen LogP contribution in [0.4, 0.5) is 5.69 Å². The third kappa shape index (κ3) is 3.87. The second-order valence-electron chi connectivity index (χ2n) is 3.88. The van der Waals surface area contributed by atoms with E-state index in [-0.39, 0.29) is 23.8 Å². The Labute approximate surface area is 119 Å². The van der Waals surface area contributed by atoms with E-state index in [2.05, 4.69) is 10.4 Å². The summed E-state index contributed by atoms with van der Waals surface area (Å²) in [5.74, 6) is -0.274. The van der Waals surface area contributed by atoms with E-state index in [0.29, 0.717) is 16.6 Å². The molecule has 19 heavy (non-hydrogen) atoms. The average molecular weight is 300 g/mol. The molecule has 2 aromatic rings. The SMILES string of the molecule is O=C(CCn1cc(Cl)cn1)Nc1cc(Cl)ccc1O. The van der Waals surface area contributed by atoms with Gasteiger partial charge in [-0.25, -0.2) is 0 Å². The number of aromatic hydroxyl groups is 1. The number of hydrogen-bond acceptors (Lipinski definition) is 3. The predicted molar refractivity (Wildman–Crippen MR) is 73.6 cm³/mol. The smallest absolute Gasteiger partial charge is 0.226 e. The van der Waals surface area contributed by atoms with Crippen LogP contribution in [0, 0.1) is 0 Å². The van der Waals surface area contributed by atoms with E-state index in [1.54, 1.807) is 10.9 Å². The lowest BCUT2D eigenvalue weighted by Crippen LogP contribution is -2.14. The summed E-state index contributed by atoms with van der Waals surface area (Å²) in [7, 11) is 0. The topological polar surface area (TPSA) is 67.2 Å². The zero-order valence-corrected chi connectivity index (χ0v) is 11.3. The number of rotatable bonds is 4. The van der Waals surface area contributed by atoms with Gasteiger partial charge in [-0.05, 0) is 18.2 Å². The van der Waals surface area contributed by atoms with Crippen LogP contribution in [-0.4, -0.2) is 20.8 Å². The van der Waals surface area contributed by atoms with Crippen LogP contribution in [0.5, 0.6) is 5.75 Å². The van der Waals surface area contributed by atoms with E-state index in [9.17, 15) is 9.90 Å². The number of phenolic OH excluding ortho intramolecular Hbond substituents is 1. The summed E-state index contributed by atoms with van der Waals surface area (Å²) < 4.78 is 1.57. The van der Waals surface area contributed by atoms with Crippen molar-refractivity contribution >= 4 is 34.8 Å². The normalized spacial score (nSPS) is 10.4. The van der Waals surface area contributed by atoms with Crippen molar-refractivity contribution in [3.8, 4) is 5.75 Å². The summed E-state index contributed by atoms with van der Waals surface area (Å²) in [6, 6.07) is 4.45. The van der Waals surface area contributed by atoms with Crippen LogP contribution >= 0.6 is 23.2 Å². The predicted octanol–water partition coefficient (Wildman–Crippen LogP) is 2.92. The van der Waals surface area contributed by atoms with E-state index < -0.39 is 0 Å². The average Bonchev–Trinajstić information content (AvgIpc) is 2.77. The molecule has 0 saturated heterocycles. The van der Waals surface area contributed by atoms with E-state index in [1.165, 1.54) is 24.4 Å². The zero-order chi connectivity index (χ0) is 13.8. The van der Waals surface area contributed by atoms with E-state index >= 15 is 0 Å². The maximum absolute atomic E-state index is 11.7. The molecule has 0 radical (unpaired) electrons. The molecule has 0 bridgehead atoms. The lowest BCUT2D eigenvalue weighted by molar-refractivity contribution is -0.116. The molecule has 100 valence electrons. The summed E-state index contributed by atoms with van der Waals surface area (Å²) >= 11 is 11.5. The lowest BCUT2D eigenvalue weighted by atomic mass is 10.3. The molecular weight excluding hydrogens is 289 g/mol. The minimum atomic E-state index is -0.246. The van der Waals surface area contributed by atoms with Gasteiger partial charge in [-0.1, -0.05) is 23.2 Å². The summed E-state index contributed by atoms with van der Waals surface area (Å²) in [5.41, 5.74) is 0.288. The fourth-order valence-electron chi connectivity index (χ4n) is 1.50. The molecule has 1 heterocycles. The number of benzene rings is 1. The second kappa shape index (κ2) is 5.95. The number of phenols is 1. The molecule has 0 spiro atoms. The lowest BCUT2D eigenvalue weighted by Gasteiger charge is -2.07. The minimum absolute atomic E-state index is 0.0279. The molecule has 2 N–H and O–H groups in total. The number of hydrogen-bond donors (Lipinski definition) is 2. The van der Waals surface area contributed by atoms with Crippen molar-refractivity contribution in [1.82, 2.24) is 9.78 Å². The number of carbonyl (C=O) groups is 1. The highest BCUT2D eigenvalue weighted by atomic mass is 35.5. The quantitative estimate of drug-likeness (QED) is 0.853. The number of nitrogens with zero attached hydrogens (tertiary/aromatic N) is 2. The fourth-order valence-corrected chi connectivity index (χ4v) is 1.83. The van der Waals surface area contributed by atoms with Crippen LogP contribution in [0.25, 0.3) is 0 Å². The zero-order valence-electron chi connectivity index (χ0n) is 9.81. The van der Waals surface area contributed by atoms with Gasteiger partial charge in [-0.15, -0.1) is 0 Å². The third-order valence-electron chi connectivity index (χ3n) is 2.40. The first-order chi connectivity index (χ1) is 9.04. The van der Waals surface area contributed by atoms with E-state index in [1.807, 2.05) is 0 Å². The Hall–Kier alpha value is -1.72. The Bertz CT molecular complexity index is 598. The maximum atomic E-state index is 11.7.